The number of aromatic hydroxyl groups is 1. The summed E-state index contributed by atoms with van der Waals surface area (Å²) in [6, 6.07) is 8.24. The van der Waals surface area contributed by atoms with E-state index in [1.807, 2.05) is 12.1 Å². The van der Waals surface area contributed by atoms with Crippen molar-refractivity contribution in [3.05, 3.63) is 46.0 Å². The standard InChI is InChI=1S/C20H27N3O3/c1-21(18-11-10-15-7-2-3-9-17(15)26-18)12-4-5-13-23-19(24)16-8-6-14-22(16)20(23)25/h2-3,7,9,18,24H,4-6,8,10-14H2,1H3/t18-/m0/s1. The van der Waals surface area contributed by atoms with E-state index in [4.69, 9.17) is 4.74 Å². The maximum Gasteiger partial charge on any atom is 0.331 e. The highest BCUT2D eigenvalue weighted by atomic mass is 16.5. The van der Waals surface area contributed by atoms with E-state index in [-0.39, 0.29) is 17.8 Å². The summed E-state index contributed by atoms with van der Waals surface area (Å²) in [5, 5.41) is 10.2. The number of aromatic nitrogens is 2. The molecule has 3 heterocycles. The third kappa shape index (κ3) is 3.14. The zero-order valence-electron chi connectivity index (χ0n) is 15.4. The van der Waals surface area contributed by atoms with E-state index in [0.717, 1.165) is 63.1 Å². The maximum atomic E-state index is 12.3. The number of aryl methyl sites for hydroxylation is 1. The molecule has 0 radical (unpaired) electrons. The molecule has 1 N–H and O–H groups in total. The summed E-state index contributed by atoms with van der Waals surface area (Å²) in [4.78, 5) is 14.6. The van der Waals surface area contributed by atoms with E-state index in [2.05, 4.69) is 24.1 Å². The first-order valence-electron chi connectivity index (χ1n) is 9.61. The molecule has 0 amide bonds. The van der Waals surface area contributed by atoms with Gasteiger partial charge in [-0.05, 0) is 50.8 Å². The van der Waals surface area contributed by atoms with Crippen LogP contribution in [0.4, 0.5) is 0 Å². The molecule has 1 atom stereocenters. The van der Waals surface area contributed by atoms with E-state index >= 15 is 0 Å². The molecule has 6 nitrogen and oxygen atoms in total. The number of nitrogens with zero attached hydrogens (tertiary/aromatic N) is 3. The molecule has 0 unspecified atom stereocenters. The number of unbranched alkanes of at least 4 members (excludes halogenated alkanes) is 1. The number of fused-ring (bicyclic) bond motifs is 2. The van der Waals surface area contributed by atoms with Gasteiger partial charge in [-0.15, -0.1) is 0 Å². The number of hydrogen-bond acceptors (Lipinski definition) is 4. The van der Waals surface area contributed by atoms with Crippen LogP contribution < -0.4 is 10.4 Å². The lowest BCUT2D eigenvalue weighted by Crippen LogP contribution is -2.39. The Hall–Kier alpha value is -2.21. The number of hydrogen-bond donors (Lipinski definition) is 1. The largest absolute Gasteiger partial charge is 0.493 e. The van der Waals surface area contributed by atoms with E-state index in [1.165, 1.54) is 10.1 Å². The maximum absolute atomic E-state index is 12.3. The molecule has 6 heteroatoms. The summed E-state index contributed by atoms with van der Waals surface area (Å²) >= 11 is 0. The molecular weight excluding hydrogens is 330 g/mol. The summed E-state index contributed by atoms with van der Waals surface area (Å²) in [6.45, 7) is 2.22. The van der Waals surface area contributed by atoms with Crippen molar-refractivity contribution in [2.45, 2.75) is 57.8 Å². The molecule has 4 rings (SSSR count). The van der Waals surface area contributed by atoms with Gasteiger partial charge in [0, 0.05) is 26.1 Å². The molecule has 0 aliphatic carbocycles. The van der Waals surface area contributed by atoms with Crippen LogP contribution in [0.2, 0.25) is 0 Å². The smallest absolute Gasteiger partial charge is 0.331 e. The Labute approximate surface area is 153 Å². The van der Waals surface area contributed by atoms with Crippen molar-refractivity contribution >= 4 is 0 Å². The normalized spacial score (nSPS) is 18.6. The molecule has 0 spiro atoms. The fourth-order valence-corrected chi connectivity index (χ4v) is 4.11. The van der Waals surface area contributed by atoms with Gasteiger partial charge in [-0.2, -0.15) is 0 Å². The average molecular weight is 357 g/mol. The number of benzene rings is 1. The van der Waals surface area contributed by atoms with Crippen LogP contribution in [-0.2, 0) is 25.9 Å². The molecule has 0 saturated carbocycles. The van der Waals surface area contributed by atoms with Gasteiger partial charge in [-0.1, -0.05) is 18.2 Å². The minimum Gasteiger partial charge on any atom is -0.493 e. The van der Waals surface area contributed by atoms with Crippen molar-refractivity contribution in [3.63, 3.8) is 0 Å². The van der Waals surface area contributed by atoms with Crippen LogP contribution in [-0.4, -0.2) is 39.0 Å². The van der Waals surface area contributed by atoms with Crippen molar-refractivity contribution in [1.82, 2.24) is 14.0 Å². The van der Waals surface area contributed by atoms with Gasteiger partial charge in [0.25, 0.3) is 0 Å². The van der Waals surface area contributed by atoms with E-state index < -0.39 is 0 Å². The highest BCUT2D eigenvalue weighted by molar-refractivity contribution is 5.35. The van der Waals surface area contributed by atoms with Gasteiger partial charge in [0.15, 0.2) is 6.23 Å². The van der Waals surface area contributed by atoms with Gasteiger partial charge in [0.2, 0.25) is 5.88 Å². The van der Waals surface area contributed by atoms with Gasteiger partial charge < -0.3 is 9.84 Å². The van der Waals surface area contributed by atoms with E-state index in [9.17, 15) is 9.90 Å². The topological polar surface area (TPSA) is 59.6 Å². The van der Waals surface area contributed by atoms with Crippen LogP contribution in [0.5, 0.6) is 11.6 Å². The Bertz CT molecular complexity index is 839. The number of para-hydroxylation sites is 1. The third-order valence-corrected chi connectivity index (χ3v) is 5.63. The molecule has 26 heavy (non-hydrogen) atoms. The Morgan fingerprint density at radius 2 is 2.12 bits per heavy atom. The predicted molar refractivity (Wildman–Crippen MR) is 99.7 cm³/mol. The third-order valence-electron chi connectivity index (χ3n) is 5.63. The van der Waals surface area contributed by atoms with Crippen molar-refractivity contribution in [3.8, 4) is 11.6 Å². The van der Waals surface area contributed by atoms with Crippen molar-refractivity contribution in [2.24, 2.45) is 0 Å². The fraction of sp³-hybridized carbons (Fsp3) is 0.550. The molecule has 1 aromatic heterocycles. The van der Waals surface area contributed by atoms with Gasteiger partial charge in [-0.3, -0.25) is 14.0 Å². The summed E-state index contributed by atoms with van der Waals surface area (Å²) in [7, 11) is 2.09. The SMILES string of the molecule is CN(CCCCn1c(O)c2n(c1=O)CCC2)[C@@H]1CCc2ccccc2O1. The average Bonchev–Trinajstić information content (AvgIpc) is 3.23. The first-order valence-corrected chi connectivity index (χ1v) is 9.61. The Morgan fingerprint density at radius 3 is 2.96 bits per heavy atom. The molecule has 1 aromatic carbocycles. The van der Waals surface area contributed by atoms with Gasteiger partial charge in [0.1, 0.15) is 5.75 Å². The molecular formula is C20H27N3O3. The van der Waals surface area contributed by atoms with Gasteiger partial charge >= 0.3 is 5.69 Å². The molecule has 0 fully saturated rings. The van der Waals surface area contributed by atoms with E-state index in [0.29, 0.717) is 6.54 Å². The summed E-state index contributed by atoms with van der Waals surface area (Å²) in [5.74, 6) is 1.17. The number of ether oxygens (including phenoxy) is 1. The molecule has 140 valence electrons. The van der Waals surface area contributed by atoms with E-state index in [1.54, 1.807) is 4.57 Å². The second-order valence-electron chi connectivity index (χ2n) is 7.37. The molecule has 2 aliphatic heterocycles. The van der Waals surface area contributed by atoms with Crippen LogP contribution in [0.25, 0.3) is 0 Å². The highest BCUT2D eigenvalue weighted by Gasteiger charge is 2.24. The number of rotatable bonds is 6. The van der Waals surface area contributed by atoms with Crippen LogP contribution in [0.1, 0.15) is 36.9 Å². The van der Waals surface area contributed by atoms with Crippen molar-refractivity contribution in [1.29, 1.82) is 0 Å². The van der Waals surface area contributed by atoms with Crippen molar-refractivity contribution in [2.75, 3.05) is 13.6 Å². The Balaban J connectivity index is 1.27. The lowest BCUT2D eigenvalue weighted by atomic mass is 10.0. The lowest BCUT2D eigenvalue weighted by Gasteiger charge is -2.32. The number of imidazole rings is 1. The lowest BCUT2D eigenvalue weighted by molar-refractivity contribution is 0.0268. The van der Waals surface area contributed by atoms with Gasteiger partial charge in [0.05, 0.1) is 5.69 Å². The molecule has 0 saturated heterocycles. The molecule has 0 bridgehead atoms. The minimum atomic E-state index is -0.0597. The first-order chi connectivity index (χ1) is 12.6. The minimum absolute atomic E-state index is 0.0597. The predicted octanol–water partition coefficient (Wildman–Crippen LogP) is 2.36. The summed E-state index contributed by atoms with van der Waals surface area (Å²) in [5.41, 5.74) is 2.03. The molecule has 2 aromatic rings. The van der Waals surface area contributed by atoms with Crippen LogP contribution in [0, 0.1) is 0 Å². The fourth-order valence-electron chi connectivity index (χ4n) is 4.11. The second-order valence-corrected chi connectivity index (χ2v) is 7.37. The second kappa shape index (κ2) is 7.19. The zero-order valence-corrected chi connectivity index (χ0v) is 15.4. The Morgan fingerprint density at radius 1 is 1.27 bits per heavy atom. The van der Waals surface area contributed by atoms with Crippen LogP contribution >= 0.6 is 0 Å². The molecule has 2 aliphatic rings. The quantitative estimate of drug-likeness (QED) is 0.807. The highest BCUT2D eigenvalue weighted by Crippen LogP contribution is 2.28. The monoisotopic (exact) mass is 357 g/mol. The van der Waals surface area contributed by atoms with Crippen LogP contribution in [0.15, 0.2) is 29.1 Å². The summed E-state index contributed by atoms with van der Waals surface area (Å²) in [6.07, 6.45) is 5.74. The van der Waals surface area contributed by atoms with Crippen LogP contribution in [0.3, 0.4) is 0 Å². The Kier molecular flexibility index (Phi) is 4.76. The van der Waals surface area contributed by atoms with Crippen molar-refractivity contribution < 1.29 is 9.84 Å². The summed E-state index contributed by atoms with van der Waals surface area (Å²) < 4.78 is 9.36. The zero-order chi connectivity index (χ0) is 18.1. The van der Waals surface area contributed by atoms with Gasteiger partial charge in [-0.25, -0.2) is 4.79 Å². The first kappa shape index (κ1) is 17.2.